The molecule has 0 bridgehead atoms. The quantitative estimate of drug-likeness (QED) is 0.708. The van der Waals surface area contributed by atoms with E-state index in [4.69, 9.17) is 5.73 Å². The van der Waals surface area contributed by atoms with Gasteiger partial charge in [0.05, 0.1) is 27.7 Å². The SMILES string of the molecule is NCc1[nH]ncc1-c1nc2ccccc2s1. The molecule has 0 spiro atoms. The molecule has 3 N–H and O–H groups in total. The van der Waals surface area contributed by atoms with Gasteiger partial charge in [0, 0.05) is 6.54 Å². The molecule has 80 valence electrons. The van der Waals surface area contributed by atoms with E-state index in [2.05, 4.69) is 21.2 Å². The first kappa shape index (κ1) is 9.50. The van der Waals surface area contributed by atoms with Gasteiger partial charge >= 0.3 is 0 Å². The number of fused-ring (bicyclic) bond motifs is 1. The van der Waals surface area contributed by atoms with Crippen molar-refractivity contribution in [3.63, 3.8) is 0 Å². The fourth-order valence-electron chi connectivity index (χ4n) is 1.64. The predicted octanol–water partition coefficient (Wildman–Crippen LogP) is 2.15. The lowest BCUT2D eigenvalue weighted by atomic mass is 10.2. The van der Waals surface area contributed by atoms with Crippen LogP contribution in [0.15, 0.2) is 30.5 Å². The molecular weight excluding hydrogens is 220 g/mol. The number of H-pyrrole nitrogens is 1. The van der Waals surface area contributed by atoms with Gasteiger partial charge in [-0.1, -0.05) is 12.1 Å². The van der Waals surface area contributed by atoms with Crippen molar-refractivity contribution < 1.29 is 0 Å². The first-order valence-corrected chi connectivity index (χ1v) is 5.78. The summed E-state index contributed by atoms with van der Waals surface area (Å²) in [6, 6.07) is 8.09. The van der Waals surface area contributed by atoms with Gasteiger partial charge in [-0.15, -0.1) is 11.3 Å². The molecule has 0 atom stereocenters. The number of nitrogens with one attached hydrogen (secondary N) is 1. The molecule has 0 amide bonds. The van der Waals surface area contributed by atoms with Crippen LogP contribution in [0.5, 0.6) is 0 Å². The average Bonchev–Trinajstić information content (AvgIpc) is 2.94. The van der Waals surface area contributed by atoms with Gasteiger partial charge in [0.15, 0.2) is 0 Å². The summed E-state index contributed by atoms with van der Waals surface area (Å²) in [7, 11) is 0. The molecule has 2 heterocycles. The van der Waals surface area contributed by atoms with Crippen LogP contribution in [0.3, 0.4) is 0 Å². The summed E-state index contributed by atoms with van der Waals surface area (Å²) in [5.41, 5.74) is 8.59. The van der Waals surface area contributed by atoms with Crippen molar-refractivity contribution >= 4 is 21.6 Å². The first-order chi connectivity index (χ1) is 7.88. The summed E-state index contributed by atoms with van der Waals surface area (Å²) in [5, 5.41) is 7.86. The molecule has 2 aromatic heterocycles. The molecular formula is C11H10N4S. The molecule has 0 aliphatic heterocycles. The van der Waals surface area contributed by atoms with Gasteiger partial charge in [-0.05, 0) is 12.1 Å². The molecule has 3 rings (SSSR count). The minimum Gasteiger partial charge on any atom is -0.325 e. The Balaban J connectivity index is 2.19. The first-order valence-electron chi connectivity index (χ1n) is 4.97. The van der Waals surface area contributed by atoms with Crippen LogP contribution in [-0.4, -0.2) is 15.2 Å². The Morgan fingerprint density at radius 1 is 1.31 bits per heavy atom. The molecule has 1 aromatic carbocycles. The molecule has 0 fully saturated rings. The molecule has 0 aliphatic carbocycles. The number of benzene rings is 1. The molecule has 0 saturated carbocycles. The van der Waals surface area contributed by atoms with Crippen LogP contribution >= 0.6 is 11.3 Å². The van der Waals surface area contributed by atoms with Crippen molar-refractivity contribution in [2.75, 3.05) is 0 Å². The lowest BCUT2D eigenvalue weighted by Gasteiger charge is -1.93. The van der Waals surface area contributed by atoms with Crippen LogP contribution in [0.25, 0.3) is 20.8 Å². The Labute approximate surface area is 96.1 Å². The van der Waals surface area contributed by atoms with Gasteiger partial charge in [0.2, 0.25) is 0 Å². The van der Waals surface area contributed by atoms with E-state index >= 15 is 0 Å². The molecule has 0 saturated heterocycles. The highest BCUT2D eigenvalue weighted by Crippen LogP contribution is 2.30. The Kier molecular flexibility index (Phi) is 2.19. The largest absolute Gasteiger partial charge is 0.325 e. The molecule has 16 heavy (non-hydrogen) atoms. The summed E-state index contributed by atoms with van der Waals surface area (Å²) in [5.74, 6) is 0. The Morgan fingerprint density at radius 2 is 2.19 bits per heavy atom. The minimum atomic E-state index is 0.450. The van der Waals surface area contributed by atoms with E-state index in [1.807, 2.05) is 18.2 Å². The van der Waals surface area contributed by atoms with E-state index in [9.17, 15) is 0 Å². The number of nitrogens with zero attached hydrogens (tertiary/aromatic N) is 2. The van der Waals surface area contributed by atoms with E-state index in [-0.39, 0.29) is 0 Å². The van der Waals surface area contributed by atoms with E-state index < -0.39 is 0 Å². The van der Waals surface area contributed by atoms with Crippen molar-refractivity contribution in [2.24, 2.45) is 5.73 Å². The van der Waals surface area contributed by atoms with Crippen molar-refractivity contribution in [3.8, 4) is 10.6 Å². The second-order valence-corrected chi connectivity index (χ2v) is 4.48. The Bertz CT molecular complexity index is 592. The fourth-order valence-corrected chi connectivity index (χ4v) is 2.64. The summed E-state index contributed by atoms with van der Waals surface area (Å²) < 4.78 is 1.18. The van der Waals surface area contributed by atoms with Crippen molar-refractivity contribution in [1.82, 2.24) is 15.2 Å². The number of hydrogen-bond acceptors (Lipinski definition) is 4. The summed E-state index contributed by atoms with van der Waals surface area (Å²) in [6.07, 6.45) is 1.78. The minimum absolute atomic E-state index is 0.450. The van der Waals surface area contributed by atoms with Crippen LogP contribution in [0.1, 0.15) is 5.69 Å². The van der Waals surface area contributed by atoms with E-state index in [1.165, 1.54) is 4.70 Å². The Morgan fingerprint density at radius 3 is 3.00 bits per heavy atom. The number of rotatable bonds is 2. The molecule has 0 unspecified atom stereocenters. The van der Waals surface area contributed by atoms with Crippen molar-refractivity contribution in [1.29, 1.82) is 0 Å². The summed E-state index contributed by atoms with van der Waals surface area (Å²) in [6.45, 7) is 0.450. The van der Waals surface area contributed by atoms with Crippen LogP contribution in [0.4, 0.5) is 0 Å². The lowest BCUT2D eigenvalue weighted by Crippen LogP contribution is -1.98. The number of thiazole rings is 1. The molecule has 0 radical (unpaired) electrons. The highest BCUT2D eigenvalue weighted by molar-refractivity contribution is 7.21. The van der Waals surface area contributed by atoms with Gasteiger partial charge in [-0.2, -0.15) is 5.10 Å². The van der Waals surface area contributed by atoms with Crippen molar-refractivity contribution in [2.45, 2.75) is 6.54 Å². The monoisotopic (exact) mass is 230 g/mol. The topological polar surface area (TPSA) is 67.6 Å². The number of para-hydroxylation sites is 1. The summed E-state index contributed by atoms with van der Waals surface area (Å²) in [4.78, 5) is 4.57. The summed E-state index contributed by atoms with van der Waals surface area (Å²) >= 11 is 1.66. The maximum absolute atomic E-state index is 5.63. The maximum atomic E-state index is 5.63. The third kappa shape index (κ3) is 1.41. The zero-order valence-electron chi connectivity index (χ0n) is 8.47. The number of hydrogen-bond donors (Lipinski definition) is 2. The standard InChI is InChI=1S/C11H10N4S/c12-5-9-7(6-13-15-9)11-14-8-3-1-2-4-10(8)16-11/h1-4,6H,5,12H2,(H,13,15). The van der Waals surface area contributed by atoms with Crippen LogP contribution in [0, 0.1) is 0 Å². The maximum Gasteiger partial charge on any atom is 0.128 e. The number of aromatic amines is 1. The van der Waals surface area contributed by atoms with E-state index in [1.54, 1.807) is 17.5 Å². The van der Waals surface area contributed by atoms with Crippen LogP contribution in [-0.2, 0) is 6.54 Å². The van der Waals surface area contributed by atoms with Gasteiger partial charge in [0.25, 0.3) is 0 Å². The smallest absolute Gasteiger partial charge is 0.128 e. The molecule has 4 nitrogen and oxygen atoms in total. The number of aromatic nitrogens is 3. The normalized spacial score (nSPS) is 11.1. The predicted molar refractivity (Wildman–Crippen MR) is 65.1 cm³/mol. The molecule has 0 aliphatic rings. The van der Waals surface area contributed by atoms with Crippen molar-refractivity contribution in [3.05, 3.63) is 36.2 Å². The average molecular weight is 230 g/mol. The third-order valence-electron chi connectivity index (χ3n) is 2.45. The zero-order chi connectivity index (χ0) is 11.0. The second-order valence-electron chi connectivity index (χ2n) is 3.45. The lowest BCUT2D eigenvalue weighted by molar-refractivity contribution is 0.948. The van der Waals surface area contributed by atoms with Gasteiger partial charge < -0.3 is 5.73 Å². The molecule has 5 heteroatoms. The highest BCUT2D eigenvalue weighted by Gasteiger charge is 2.10. The third-order valence-corrected chi connectivity index (χ3v) is 3.52. The fraction of sp³-hybridized carbons (Fsp3) is 0.0909. The van der Waals surface area contributed by atoms with Gasteiger partial charge in [-0.3, -0.25) is 5.10 Å². The number of nitrogens with two attached hydrogens (primary N) is 1. The van der Waals surface area contributed by atoms with E-state index in [0.717, 1.165) is 21.8 Å². The van der Waals surface area contributed by atoms with Gasteiger partial charge in [-0.25, -0.2) is 4.98 Å². The van der Waals surface area contributed by atoms with Crippen LogP contribution in [0.2, 0.25) is 0 Å². The van der Waals surface area contributed by atoms with Crippen LogP contribution < -0.4 is 5.73 Å². The highest BCUT2D eigenvalue weighted by atomic mass is 32.1. The second kappa shape index (κ2) is 3.70. The van der Waals surface area contributed by atoms with E-state index in [0.29, 0.717) is 6.54 Å². The zero-order valence-corrected chi connectivity index (χ0v) is 9.29. The van der Waals surface area contributed by atoms with Gasteiger partial charge in [0.1, 0.15) is 5.01 Å². The molecule has 3 aromatic rings. The Hall–Kier alpha value is -1.72.